The molecule has 0 amide bonds. The maximum atomic E-state index is 12.6. The Morgan fingerprint density at radius 2 is 1.38 bits per heavy atom. The summed E-state index contributed by atoms with van der Waals surface area (Å²) >= 11 is 0. The molecule has 3 atom stereocenters. The fourth-order valence-corrected chi connectivity index (χ4v) is 5.17. The Hall–Kier alpha value is -2.69. The van der Waals surface area contributed by atoms with Crippen LogP contribution < -0.4 is 0 Å². The zero-order valence-corrected chi connectivity index (χ0v) is 17.9. The van der Waals surface area contributed by atoms with Gasteiger partial charge in [0.25, 0.3) is 0 Å². The van der Waals surface area contributed by atoms with Crippen LogP contribution in [0, 0.1) is 6.92 Å². The molecule has 3 nitrogen and oxygen atoms in total. The molecular formula is C25H27NO2S. The summed E-state index contributed by atoms with van der Waals surface area (Å²) in [5.74, 6) is 0. The molecule has 1 saturated heterocycles. The molecule has 0 spiro atoms. The molecule has 4 heteroatoms. The van der Waals surface area contributed by atoms with E-state index in [9.17, 15) is 8.42 Å². The van der Waals surface area contributed by atoms with Crippen molar-refractivity contribution in [2.24, 2.45) is 0 Å². The molecule has 3 aromatic carbocycles. The Balaban J connectivity index is 0.000000224. The average Bonchev–Trinajstić information content (AvgIpc) is 3.43. The monoisotopic (exact) mass is 405 g/mol. The fraction of sp³-hybridized carbons (Fsp3) is 0.200. The third-order valence-electron chi connectivity index (χ3n) is 4.94. The summed E-state index contributed by atoms with van der Waals surface area (Å²) < 4.78 is 26.8. The molecule has 1 fully saturated rings. The molecule has 0 aliphatic carbocycles. The summed E-state index contributed by atoms with van der Waals surface area (Å²) in [6.45, 7) is 5.92. The molecule has 4 rings (SSSR count). The van der Waals surface area contributed by atoms with Gasteiger partial charge in [0.05, 0.1) is 10.9 Å². The highest BCUT2D eigenvalue weighted by molar-refractivity contribution is 7.89. The van der Waals surface area contributed by atoms with Crippen LogP contribution in [0.1, 0.15) is 36.6 Å². The highest BCUT2D eigenvalue weighted by Crippen LogP contribution is 2.47. The van der Waals surface area contributed by atoms with Gasteiger partial charge in [-0.3, -0.25) is 0 Å². The number of hydrogen-bond donors (Lipinski definition) is 0. The number of hydrogen-bond acceptors (Lipinski definition) is 2. The maximum absolute atomic E-state index is 12.6. The van der Waals surface area contributed by atoms with E-state index in [0.717, 1.165) is 11.1 Å². The molecule has 0 saturated carbocycles. The summed E-state index contributed by atoms with van der Waals surface area (Å²) in [6.07, 6.45) is 4.12. The third-order valence-corrected chi connectivity index (χ3v) is 6.92. The van der Waals surface area contributed by atoms with Crippen LogP contribution >= 0.6 is 0 Å². The summed E-state index contributed by atoms with van der Waals surface area (Å²) in [5.41, 5.74) is 3.37. The Morgan fingerprint density at radius 1 is 0.828 bits per heavy atom. The summed E-state index contributed by atoms with van der Waals surface area (Å²) in [5, 5.41) is 0. The van der Waals surface area contributed by atoms with E-state index in [4.69, 9.17) is 0 Å². The van der Waals surface area contributed by atoms with E-state index < -0.39 is 10.0 Å². The summed E-state index contributed by atoms with van der Waals surface area (Å²) in [4.78, 5) is 0.369. The van der Waals surface area contributed by atoms with Gasteiger partial charge in [0.1, 0.15) is 0 Å². The average molecular weight is 406 g/mol. The van der Waals surface area contributed by atoms with Crippen molar-refractivity contribution < 1.29 is 8.42 Å². The second kappa shape index (κ2) is 9.21. The SMILES string of the molecule is C/C=C\c1ccccc1.Cc1ccc(S(=O)(=O)N2C(C)C2c2ccccc2)cc1. The first kappa shape index (κ1) is 21.0. The molecule has 150 valence electrons. The molecule has 1 heterocycles. The van der Waals surface area contributed by atoms with Crippen molar-refractivity contribution >= 4 is 16.1 Å². The van der Waals surface area contributed by atoms with Crippen LogP contribution in [0.25, 0.3) is 6.08 Å². The van der Waals surface area contributed by atoms with Crippen LogP contribution in [0.2, 0.25) is 0 Å². The highest BCUT2D eigenvalue weighted by atomic mass is 32.2. The predicted octanol–water partition coefficient (Wildman–Crippen LogP) is 5.85. The van der Waals surface area contributed by atoms with Gasteiger partial charge in [0.2, 0.25) is 10.0 Å². The first-order valence-corrected chi connectivity index (χ1v) is 11.2. The number of sulfonamides is 1. The smallest absolute Gasteiger partial charge is 0.207 e. The maximum Gasteiger partial charge on any atom is 0.243 e. The van der Waals surface area contributed by atoms with Crippen molar-refractivity contribution in [1.29, 1.82) is 0 Å². The van der Waals surface area contributed by atoms with Gasteiger partial charge < -0.3 is 0 Å². The molecule has 29 heavy (non-hydrogen) atoms. The van der Waals surface area contributed by atoms with Gasteiger partial charge >= 0.3 is 0 Å². The minimum atomic E-state index is -3.40. The lowest BCUT2D eigenvalue weighted by Gasteiger charge is -2.07. The number of benzene rings is 3. The molecule has 0 N–H and O–H groups in total. The van der Waals surface area contributed by atoms with Crippen LogP contribution in [0.3, 0.4) is 0 Å². The lowest BCUT2D eigenvalue weighted by molar-refractivity contribution is 0.548. The number of allylic oxidation sites excluding steroid dienone is 1. The number of nitrogens with zero attached hydrogens (tertiary/aromatic N) is 1. The van der Waals surface area contributed by atoms with Gasteiger partial charge in [0, 0.05) is 6.04 Å². The standard InChI is InChI=1S/C16H17NO2S.C9H10/c1-12-8-10-15(11-9-12)20(18,19)17-13(2)16(17)14-6-4-3-5-7-14;1-2-6-9-7-4-3-5-8-9/h3-11,13,16H,1-2H3;2-8H,1H3/b;6-2-. The van der Waals surface area contributed by atoms with E-state index in [1.165, 1.54) is 5.56 Å². The molecule has 0 radical (unpaired) electrons. The van der Waals surface area contributed by atoms with Crippen molar-refractivity contribution in [3.63, 3.8) is 0 Å². The quantitative estimate of drug-likeness (QED) is 0.511. The van der Waals surface area contributed by atoms with Crippen molar-refractivity contribution in [1.82, 2.24) is 4.31 Å². The van der Waals surface area contributed by atoms with Crippen LogP contribution in [0.15, 0.2) is 95.9 Å². The zero-order chi connectivity index (χ0) is 20.9. The van der Waals surface area contributed by atoms with E-state index in [-0.39, 0.29) is 12.1 Å². The topological polar surface area (TPSA) is 37.1 Å². The van der Waals surface area contributed by atoms with Crippen LogP contribution in [-0.2, 0) is 10.0 Å². The molecule has 1 aliphatic rings. The Kier molecular flexibility index (Phi) is 6.68. The number of aryl methyl sites for hydroxylation is 1. The number of rotatable bonds is 4. The molecule has 3 aromatic rings. The van der Waals surface area contributed by atoms with Crippen molar-refractivity contribution in [2.75, 3.05) is 0 Å². The Morgan fingerprint density at radius 3 is 1.93 bits per heavy atom. The van der Waals surface area contributed by atoms with Gasteiger partial charge in [-0.05, 0) is 44.0 Å². The fourth-order valence-electron chi connectivity index (χ4n) is 3.35. The molecule has 1 aliphatic heterocycles. The van der Waals surface area contributed by atoms with E-state index in [0.29, 0.717) is 4.90 Å². The highest BCUT2D eigenvalue weighted by Gasteiger charge is 2.53. The molecular weight excluding hydrogens is 378 g/mol. The van der Waals surface area contributed by atoms with Crippen molar-refractivity contribution in [2.45, 2.75) is 37.8 Å². The lowest BCUT2D eigenvalue weighted by atomic mass is 10.1. The Labute approximate surface area is 174 Å². The molecule has 0 aromatic heterocycles. The molecule has 3 unspecified atom stereocenters. The van der Waals surface area contributed by atoms with E-state index in [1.807, 2.05) is 87.5 Å². The molecule has 0 bridgehead atoms. The first-order valence-electron chi connectivity index (χ1n) is 9.78. The van der Waals surface area contributed by atoms with E-state index >= 15 is 0 Å². The van der Waals surface area contributed by atoms with Crippen molar-refractivity contribution in [3.05, 3.63) is 108 Å². The minimum Gasteiger partial charge on any atom is -0.207 e. The summed E-state index contributed by atoms with van der Waals surface area (Å²) in [6, 6.07) is 27.0. The summed E-state index contributed by atoms with van der Waals surface area (Å²) in [7, 11) is -3.40. The van der Waals surface area contributed by atoms with Gasteiger partial charge in [-0.25, -0.2) is 8.42 Å². The van der Waals surface area contributed by atoms with Gasteiger partial charge in [-0.2, -0.15) is 4.31 Å². The lowest BCUT2D eigenvalue weighted by Crippen LogP contribution is -2.14. The van der Waals surface area contributed by atoms with Gasteiger partial charge in [0.15, 0.2) is 0 Å². The second-order valence-electron chi connectivity index (χ2n) is 7.15. The van der Waals surface area contributed by atoms with Crippen molar-refractivity contribution in [3.8, 4) is 0 Å². The second-order valence-corrected chi connectivity index (χ2v) is 9.00. The third kappa shape index (κ3) is 5.03. The zero-order valence-electron chi connectivity index (χ0n) is 17.1. The van der Waals surface area contributed by atoms with Gasteiger partial charge in [-0.15, -0.1) is 0 Å². The van der Waals surface area contributed by atoms with E-state index in [2.05, 4.69) is 18.2 Å². The van der Waals surface area contributed by atoms with Crippen LogP contribution in [0.5, 0.6) is 0 Å². The Bertz CT molecular complexity index is 1040. The first-order chi connectivity index (χ1) is 13.9. The van der Waals surface area contributed by atoms with Crippen LogP contribution in [-0.4, -0.2) is 18.8 Å². The predicted molar refractivity (Wildman–Crippen MR) is 120 cm³/mol. The minimum absolute atomic E-state index is 0.0173. The van der Waals surface area contributed by atoms with Crippen LogP contribution in [0.4, 0.5) is 0 Å². The van der Waals surface area contributed by atoms with Gasteiger partial charge in [-0.1, -0.05) is 90.5 Å². The largest absolute Gasteiger partial charge is 0.243 e. The van der Waals surface area contributed by atoms with E-state index in [1.54, 1.807) is 16.4 Å². The normalized spacial score (nSPS) is 20.7.